The molecule has 1 fully saturated rings. The number of aliphatic carboxylic acids is 1. The zero-order chi connectivity index (χ0) is 14.0. The van der Waals surface area contributed by atoms with Crippen molar-refractivity contribution in [2.45, 2.75) is 44.7 Å². The molecule has 0 saturated heterocycles. The van der Waals surface area contributed by atoms with Crippen molar-refractivity contribution in [2.24, 2.45) is 0 Å². The highest BCUT2D eigenvalue weighted by atomic mass is 16.4. The highest BCUT2D eigenvalue weighted by molar-refractivity contribution is 5.83. The second-order valence-electron chi connectivity index (χ2n) is 5.14. The molecule has 0 aliphatic heterocycles. The Kier molecular flexibility index (Phi) is 3.88. The largest absolute Gasteiger partial charge is 0.480 e. The Bertz CT molecular complexity index is 468. The Morgan fingerprint density at radius 1 is 1.26 bits per heavy atom. The van der Waals surface area contributed by atoms with E-state index in [1.807, 2.05) is 37.3 Å². The number of carbonyl (C=O) groups excluding carboxylic acids is 1. The molecule has 0 bridgehead atoms. The van der Waals surface area contributed by atoms with E-state index >= 15 is 0 Å². The summed E-state index contributed by atoms with van der Waals surface area (Å²) in [5.41, 5.74) is 0.946. The van der Waals surface area contributed by atoms with Crippen LogP contribution < -0.4 is 0 Å². The summed E-state index contributed by atoms with van der Waals surface area (Å²) in [4.78, 5) is 24.9. The minimum atomic E-state index is -0.932. The van der Waals surface area contributed by atoms with Crippen LogP contribution in [-0.4, -0.2) is 34.0 Å². The molecular formula is C15H19NO3. The minimum Gasteiger partial charge on any atom is -0.480 e. The molecule has 1 aliphatic rings. The lowest BCUT2D eigenvalue weighted by atomic mass is 9.92. The molecule has 1 aromatic rings. The summed E-state index contributed by atoms with van der Waals surface area (Å²) in [6.07, 6.45) is 1.82. The first-order valence-corrected chi connectivity index (χ1v) is 6.59. The molecule has 1 N–H and O–H groups in total. The van der Waals surface area contributed by atoms with Crippen molar-refractivity contribution in [3.05, 3.63) is 35.9 Å². The molecule has 1 amide bonds. The van der Waals surface area contributed by atoms with Gasteiger partial charge in [0, 0.05) is 18.9 Å². The molecule has 2 unspecified atom stereocenters. The molecule has 0 radical (unpaired) electrons. The Balaban J connectivity index is 2.29. The summed E-state index contributed by atoms with van der Waals surface area (Å²) in [7, 11) is 0. The topological polar surface area (TPSA) is 57.6 Å². The number of hydrogen-bond donors (Lipinski definition) is 1. The lowest BCUT2D eigenvalue weighted by molar-refractivity contribution is -0.151. The molecule has 1 aromatic carbocycles. The van der Waals surface area contributed by atoms with Crippen LogP contribution in [0, 0.1) is 0 Å². The monoisotopic (exact) mass is 261 g/mol. The average Bonchev–Trinajstić information content (AvgIpc) is 3.19. The lowest BCUT2D eigenvalue weighted by Gasteiger charge is -2.32. The second-order valence-corrected chi connectivity index (χ2v) is 5.14. The molecule has 19 heavy (non-hydrogen) atoms. The van der Waals surface area contributed by atoms with E-state index in [4.69, 9.17) is 0 Å². The van der Waals surface area contributed by atoms with Gasteiger partial charge in [-0.3, -0.25) is 4.79 Å². The number of carboxylic acid groups (broad SMARTS) is 1. The van der Waals surface area contributed by atoms with Crippen LogP contribution in [0.2, 0.25) is 0 Å². The van der Waals surface area contributed by atoms with E-state index in [-0.39, 0.29) is 17.9 Å². The zero-order valence-corrected chi connectivity index (χ0v) is 11.2. The highest BCUT2D eigenvalue weighted by Gasteiger charge is 2.41. The van der Waals surface area contributed by atoms with E-state index in [2.05, 4.69) is 0 Å². The van der Waals surface area contributed by atoms with Gasteiger partial charge in [-0.1, -0.05) is 37.3 Å². The Morgan fingerprint density at radius 2 is 1.84 bits per heavy atom. The van der Waals surface area contributed by atoms with Crippen molar-refractivity contribution in [3.8, 4) is 0 Å². The van der Waals surface area contributed by atoms with Gasteiger partial charge in [-0.05, 0) is 18.4 Å². The fourth-order valence-corrected chi connectivity index (χ4v) is 2.55. The number of amides is 1. The average molecular weight is 261 g/mol. The number of rotatable bonds is 5. The van der Waals surface area contributed by atoms with Gasteiger partial charge in [0.05, 0.1) is 0 Å². The predicted molar refractivity (Wildman–Crippen MR) is 71.8 cm³/mol. The van der Waals surface area contributed by atoms with Gasteiger partial charge in [-0.25, -0.2) is 4.79 Å². The molecule has 102 valence electrons. The fourth-order valence-electron chi connectivity index (χ4n) is 2.55. The van der Waals surface area contributed by atoms with Crippen molar-refractivity contribution in [3.63, 3.8) is 0 Å². The van der Waals surface area contributed by atoms with Gasteiger partial charge in [-0.15, -0.1) is 0 Å². The molecule has 1 aliphatic carbocycles. The standard InChI is InChI=1S/C15H19NO3/c1-10(12-6-4-3-5-7-12)14(15(18)19)16(11(2)17)13-8-9-13/h3-7,10,13-14H,8-9H2,1-2H3,(H,18,19). The quantitative estimate of drug-likeness (QED) is 0.884. The van der Waals surface area contributed by atoms with Gasteiger partial charge in [0.15, 0.2) is 0 Å². The van der Waals surface area contributed by atoms with Gasteiger partial charge in [-0.2, -0.15) is 0 Å². The first-order chi connectivity index (χ1) is 9.02. The SMILES string of the molecule is CC(=O)N(C1CC1)C(C(=O)O)C(C)c1ccccc1. The third kappa shape index (κ3) is 2.95. The van der Waals surface area contributed by atoms with Crippen LogP contribution in [0.5, 0.6) is 0 Å². The molecule has 0 aromatic heterocycles. The summed E-state index contributed by atoms with van der Waals surface area (Å²) in [6.45, 7) is 3.32. The zero-order valence-electron chi connectivity index (χ0n) is 11.2. The third-order valence-electron chi connectivity index (χ3n) is 3.66. The molecule has 2 atom stereocenters. The number of benzene rings is 1. The van der Waals surface area contributed by atoms with Gasteiger partial charge >= 0.3 is 5.97 Å². The van der Waals surface area contributed by atoms with Crippen molar-refractivity contribution in [2.75, 3.05) is 0 Å². The fraction of sp³-hybridized carbons (Fsp3) is 0.467. The number of nitrogens with zero attached hydrogens (tertiary/aromatic N) is 1. The van der Waals surface area contributed by atoms with Crippen LogP contribution in [0.1, 0.15) is 38.2 Å². The van der Waals surface area contributed by atoms with Gasteiger partial charge in [0.2, 0.25) is 5.91 Å². The molecule has 4 nitrogen and oxygen atoms in total. The van der Waals surface area contributed by atoms with E-state index in [9.17, 15) is 14.7 Å². The van der Waals surface area contributed by atoms with Crippen molar-refractivity contribution < 1.29 is 14.7 Å². The molecule has 0 heterocycles. The summed E-state index contributed by atoms with van der Waals surface area (Å²) in [6, 6.07) is 8.81. The maximum absolute atomic E-state index is 11.8. The van der Waals surface area contributed by atoms with Crippen molar-refractivity contribution in [1.82, 2.24) is 4.90 Å². The summed E-state index contributed by atoms with van der Waals surface area (Å²) < 4.78 is 0. The lowest BCUT2D eigenvalue weighted by Crippen LogP contribution is -2.48. The molecule has 4 heteroatoms. The third-order valence-corrected chi connectivity index (χ3v) is 3.66. The number of hydrogen-bond acceptors (Lipinski definition) is 2. The molecule has 0 spiro atoms. The summed E-state index contributed by atoms with van der Waals surface area (Å²) >= 11 is 0. The van der Waals surface area contributed by atoms with Gasteiger partial charge in [0.1, 0.15) is 6.04 Å². The highest BCUT2D eigenvalue weighted by Crippen LogP contribution is 2.33. The number of carboxylic acids is 1. The molecule has 2 rings (SSSR count). The maximum Gasteiger partial charge on any atom is 0.327 e. The maximum atomic E-state index is 11.8. The van der Waals surface area contributed by atoms with Crippen LogP contribution >= 0.6 is 0 Å². The van der Waals surface area contributed by atoms with E-state index in [1.165, 1.54) is 6.92 Å². The Hall–Kier alpha value is -1.84. The van der Waals surface area contributed by atoms with E-state index < -0.39 is 12.0 Å². The van der Waals surface area contributed by atoms with Crippen molar-refractivity contribution >= 4 is 11.9 Å². The van der Waals surface area contributed by atoms with Gasteiger partial charge < -0.3 is 10.0 Å². The van der Waals surface area contributed by atoms with Crippen molar-refractivity contribution in [1.29, 1.82) is 0 Å². The predicted octanol–water partition coefficient (Wildman–Crippen LogP) is 2.25. The Labute approximate surface area is 113 Å². The van der Waals surface area contributed by atoms with Crippen LogP contribution in [0.3, 0.4) is 0 Å². The first-order valence-electron chi connectivity index (χ1n) is 6.59. The first kappa shape index (κ1) is 13.6. The Morgan fingerprint density at radius 3 is 2.26 bits per heavy atom. The van der Waals surface area contributed by atoms with E-state index in [0.717, 1.165) is 18.4 Å². The van der Waals surface area contributed by atoms with Gasteiger partial charge in [0.25, 0.3) is 0 Å². The number of carbonyl (C=O) groups is 2. The van der Waals surface area contributed by atoms with E-state index in [1.54, 1.807) is 4.90 Å². The van der Waals surface area contributed by atoms with Crippen LogP contribution in [-0.2, 0) is 9.59 Å². The van der Waals surface area contributed by atoms with Crippen LogP contribution in [0.4, 0.5) is 0 Å². The summed E-state index contributed by atoms with van der Waals surface area (Å²) in [5.74, 6) is -1.31. The summed E-state index contributed by atoms with van der Waals surface area (Å²) in [5, 5.41) is 9.51. The second kappa shape index (κ2) is 5.43. The van der Waals surface area contributed by atoms with E-state index in [0.29, 0.717) is 0 Å². The molecular weight excluding hydrogens is 242 g/mol. The molecule has 1 saturated carbocycles. The minimum absolute atomic E-state index is 0.102. The van der Waals surface area contributed by atoms with Crippen LogP contribution in [0.15, 0.2) is 30.3 Å². The van der Waals surface area contributed by atoms with Crippen LogP contribution in [0.25, 0.3) is 0 Å². The smallest absolute Gasteiger partial charge is 0.327 e. The normalized spacial score (nSPS) is 17.6.